The van der Waals surface area contributed by atoms with Crippen molar-refractivity contribution >= 4 is 5.78 Å². The fourth-order valence-electron chi connectivity index (χ4n) is 3.11. The first-order valence-corrected chi connectivity index (χ1v) is 7.52. The monoisotopic (exact) mass is 259 g/mol. The van der Waals surface area contributed by atoms with E-state index >= 15 is 0 Å². The summed E-state index contributed by atoms with van der Waals surface area (Å²) < 4.78 is 0. The van der Waals surface area contributed by atoms with E-state index < -0.39 is 0 Å². The van der Waals surface area contributed by atoms with Gasteiger partial charge in [-0.05, 0) is 39.7 Å². The van der Waals surface area contributed by atoms with Crippen LogP contribution < -0.4 is 0 Å². The molecule has 2 nitrogen and oxygen atoms in total. The van der Waals surface area contributed by atoms with Crippen molar-refractivity contribution in [2.24, 2.45) is 0 Å². The smallest absolute Gasteiger partial charge is 0.162 e. The van der Waals surface area contributed by atoms with Gasteiger partial charge in [-0.1, -0.05) is 36.8 Å². The van der Waals surface area contributed by atoms with E-state index in [4.69, 9.17) is 0 Å². The SMILES string of the molecule is C[C@@H]1CCC[C@H](C)N1CCCC(=O)c1ccccc1. The first-order chi connectivity index (χ1) is 9.18. The van der Waals surface area contributed by atoms with Crippen molar-refractivity contribution in [3.8, 4) is 0 Å². The summed E-state index contributed by atoms with van der Waals surface area (Å²) in [6.07, 6.45) is 5.60. The summed E-state index contributed by atoms with van der Waals surface area (Å²) in [5.74, 6) is 0.276. The highest BCUT2D eigenvalue weighted by atomic mass is 16.1. The van der Waals surface area contributed by atoms with E-state index in [9.17, 15) is 4.79 Å². The number of nitrogens with zero attached hydrogens (tertiary/aromatic N) is 1. The largest absolute Gasteiger partial charge is 0.298 e. The maximum Gasteiger partial charge on any atom is 0.162 e. The Bertz CT molecular complexity index is 391. The molecule has 0 radical (unpaired) electrons. The van der Waals surface area contributed by atoms with Gasteiger partial charge in [-0.3, -0.25) is 9.69 Å². The zero-order chi connectivity index (χ0) is 13.7. The topological polar surface area (TPSA) is 20.3 Å². The fourth-order valence-corrected chi connectivity index (χ4v) is 3.11. The van der Waals surface area contributed by atoms with Crippen molar-refractivity contribution in [1.82, 2.24) is 4.90 Å². The number of rotatable bonds is 5. The van der Waals surface area contributed by atoms with Crippen LogP contribution in [0.1, 0.15) is 56.3 Å². The molecule has 0 aliphatic carbocycles. The van der Waals surface area contributed by atoms with Crippen LogP contribution in [0.4, 0.5) is 0 Å². The van der Waals surface area contributed by atoms with Crippen LogP contribution in [-0.2, 0) is 0 Å². The summed E-state index contributed by atoms with van der Waals surface area (Å²) in [5.41, 5.74) is 0.849. The highest BCUT2D eigenvalue weighted by molar-refractivity contribution is 5.95. The van der Waals surface area contributed by atoms with E-state index in [-0.39, 0.29) is 5.78 Å². The maximum atomic E-state index is 12.0. The lowest BCUT2D eigenvalue weighted by Gasteiger charge is -2.39. The van der Waals surface area contributed by atoms with E-state index in [0.717, 1.165) is 18.5 Å². The lowest BCUT2D eigenvalue weighted by Crippen LogP contribution is -2.44. The van der Waals surface area contributed by atoms with Crippen LogP contribution in [0.15, 0.2) is 30.3 Å². The van der Waals surface area contributed by atoms with Crippen LogP contribution in [0.2, 0.25) is 0 Å². The molecule has 19 heavy (non-hydrogen) atoms. The van der Waals surface area contributed by atoms with Gasteiger partial charge in [0.15, 0.2) is 5.78 Å². The van der Waals surface area contributed by atoms with Gasteiger partial charge in [0, 0.05) is 24.1 Å². The lowest BCUT2D eigenvalue weighted by atomic mass is 9.97. The molecular formula is C17H25NO. The summed E-state index contributed by atoms with van der Waals surface area (Å²) in [6.45, 7) is 5.68. The molecule has 1 aromatic rings. The minimum atomic E-state index is 0.276. The van der Waals surface area contributed by atoms with Crippen LogP contribution in [0, 0.1) is 0 Å². The molecule has 2 heteroatoms. The molecule has 0 amide bonds. The normalized spacial score (nSPS) is 24.3. The zero-order valence-corrected chi connectivity index (χ0v) is 12.1. The van der Waals surface area contributed by atoms with Gasteiger partial charge in [0.1, 0.15) is 0 Å². The molecule has 0 saturated carbocycles. The van der Waals surface area contributed by atoms with Gasteiger partial charge < -0.3 is 0 Å². The Morgan fingerprint density at radius 1 is 1.16 bits per heavy atom. The molecule has 0 unspecified atom stereocenters. The van der Waals surface area contributed by atoms with E-state index in [1.165, 1.54) is 19.3 Å². The summed E-state index contributed by atoms with van der Waals surface area (Å²) in [7, 11) is 0. The fraction of sp³-hybridized carbons (Fsp3) is 0.588. The highest BCUT2D eigenvalue weighted by Gasteiger charge is 2.23. The first-order valence-electron chi connectivity index (χ1n) is 7.52. The van der Waals surface area contributed by atoms with E-state index in [0.29, 0.717) is 18.5 Å². The number of hydrogen-bond acceptors (Lipinski definition) is 2. The minimum absolute atomic E-state index is 0.276. The average Bonchev–Trinajstić information content (AvgIpc) is 2.43. The molecule has 1 aromatic carbocycles. The zero-order valence-electron chi connectivity index (χ0n) is 12.1. The van der Waals surface area contributed by atoms with Gasteiger partial charge in [-0.15, -0.1) is 0 Å². The van der Waals surface area contributed by atoms with Crippen LogP contribution in [0.25, 0.3) is 0 Å². The Hall–Kier alpha value is -1.15. The quantitative estimate of drug-likeness (QED) is 0.747. The standard InChI is InChI=1S/C17H25NO/c1-14-8-6-9-15(2)18(14)13-7-12-17(19)16-10-4-3-5-11-16/h3-5,10-11,14-15H,6-9,12-13H2,1-2H3/t14-,15+. The predicted octanol–water partition coefficient (Wildman–Crippen LogP) is 3.91. The molecule has 2 rings (SSSR count). The Kier molecular flexibility index (Phi) is 5.15. The summed E-state index contributed by atoms with van der Waals surface area (Å²) in [5, 5.41) is 0. The van der Waals surface area contributed by atoms with Crippen LogP contribution >= 0.6 is 0 Å². The number of ketones is 1. The minimum Gasteiger partial charge on any atom is -0.298 e. The molecule has 104 valence electrons. The summed E-state index contributed by atoms with van der Waals surface area (Å²) in [4.78, 5) is 14.6. The summed E-state index contributed by atoms with van der Waals surface area (Å²) >= 11 is 0. The van der Waals surface area contributed by atoms with Crippen LogP contribution in [-0.4, -0.2) is 29.3 Å². The van der Waals surface area contributed by atoms with Gasteiger partial charge in [0.25, 0.3) is 0 Å². The molecule has 0 aromatic heterocycles. The Balaban J connectivity index is 1.78. The van der Waals surface area contributed by atoms with E-state index in [1.54, 1.807) is 0 Å². The second kappa shape index (κ2) is 6.85. The second-order valence-corrected chi connectivity index (χ2v) is 5.76. The van der Waals surface area contributed by atoms with Crippen molar-refractivity contribution in [2.45, 2.75) is 58.0 Å². The van der Waals surface area contributed by atoms with Gasteiger partial charge in [0.2, 0.25) is 0 Å². The number of carbonyl (C=O) groups is 1. The molecule has 0 N–H and O–H groups in total. The number of likely N-dealkylation sites (tertiary alicyclic amines) is 1. The predicted molar refractivity (Wildman–Crippen MR) is 79.5 cm³/mol. The molecule has 1 aliphatic rings. The van der Waals surface area contributed by atoms with Gasteiger partial charge in [-0.2, -0.15) is 0 Å². The molecular weight excluding hydrogens is 234 g/mol. The third-order valence-electron chi connectivity index (χ3n) is 4.29. The van der Waals surface area contributed by atoms with Crippen LogP contribution in [0.5, 0.6) is 0 Å². The van der Waals surface area contributed by atoms with E-state index in [1.807, 2.05) is 30.3 Å². The van der Waals surface area contributed by atoms with Gasteiger partial charge in [-0.25, -0.2) is 0 Å². The van der Waals surface area contributed by atoms with Crippen molar-refractivity contribution < 1.29 is 4.79 Å². The molecule has 1 fully saturated rings. The lowest BCUT2D eigenvalue weighted by molar-refractivity contribution is 0.0901. The molecule has 0 spiro atoms. The first kappa shape index (κ1) is 14.3. The maximum absolute atomic E-state index is 12.0. The third kappa shape index (κ3) is 3.90. The number of hydrogen-bond donors (Lipinski definition) is 0. The van der Waals surface area contributed by atoms with Crippen molar-refractivity contribution in [3.05, 3.63) is 35.9 Å². The van der Waals surface area contributed by atoms with Gasteiger partial charge in [0.05, 0.1) is 0 Å². The Labute approximate surface area is 116 Å². The molecule has 0 bridgehead atoms. The summed E-state index contributed by atoms with van der Waals surface area (Å²) in [6, 6.07) is 11.0. The van der Waals surface area contributed by atoms with Crippen LogP contribution in [0.3, 0.4) is 0 Å². The highest BCUT2D eigenvalue weighted by Crippen LogP contribution is 2.22. The Morgan fingerprint density at radius 2 is 1.79 bits per heavy atom. The van der Waals surface area contributed by atoms with Crippen molar-refractivity contribution in [2.75, 3.05) is 6.54 Å². The molecule has 1 aliphatic heterocycles. The number of piperidine rings is 1. The molecule has 1 saturated heterocycles. The second-order valence-electron chi connectivity index (χ2n) is 5.76. The van der Waals surface area contributed by atoms with Crippen molar-refractivity contribution in [3.63, 3.8) is 0 Å². The third-order valence-corrected chi connectivity index (χ3v) is 4.29. The van der Waals surface area contributed by atoms with Gasteiger partial charge >= 0.3 is 0 Å². The van der Waals surface area contributed by atoms with Crippen molar-refractivity contribution in [1.29, 1.82) is 0 Å². The van der Waals surface area contributed by atoms with E-state index in [2.05, 4.69) is 18.7 Å². The molecule has 2 atom stereocenters. The molecule has 1 heterocycles. The number of Topliss-reactive ketones (excluding diaryl/α,β-unsaturated/α-hetero) is 1. The number of carbonyl (C=O) groups excluding carboxylic acids is 1. The number of benzene rings is 1. The Morgan fingerprint density at radius 3 is 2.42 bits per heavy atom. The average molecular weight is 259 g/mol.